The number of nitrogens with one attached hydrogen (secondary N) is 1. The minimum Gasteiger partial charge on any atom is -0.377 e. The van der Waals surface area contributed by atoms with Crippen molar-refractivity contribution in [2.75, 3.05) is 12.4 Å². The molecule has 0 aliphatic heterocycles. The number of anilines is 1. The summed E-state index contributed by atoms with van der Waals surface area (Å²) in [5.74, 6) is 0. The molecular weight excluding hydrogens is 372 g/mol. The molecule has 0 radical (unpaired) electrons. The maximum Gasteiger partial charge on any atom is 0.265 e. The predicted molar refractivity (Wildman–Crippen MR) is 74.7 cm³/mol. The van der Waals surface area contributed by atoms with Crippen molar-refractivity contribution in [2.24, 2.45) is 0 Å². The van der Waals surface area contributed by atoms with Gasteiger partial charge in [-0.2, -0.15) is 0 Å². The van der Waals surface area contributed by atoms with Gasteiger partial charge in [0.1, 0.15) is 10.7 Å². The minimum absolute atomic E-state index is 0.0942. The van der Waals surface area contributed by atoms with Crippen LogP contribution in [0.25, 0.3) is 0 Å². The molecule has 5 nitrogen and oxygen atoms in total. The first-order valence-electron chi connectivity index (χ1n) is 4.66. The largest absolute Gasteiger partial charge is 0.377 e. The third-order valence-electron chi connectivity index (χ3n) is 2.11. The van der Waals surface area contributed by atoms with Crippen LogP contribution in [0.3, 0.4) is 0 Å². The van der Waals surface area contributed by atoms with Gasteiger partial charge in [0.25, 0.3) is 5.56 Å². The molecule has 0 unspecified atom stereocenters. The lowest BCUT2D eigenvalue weighted by molar-refractivity contribution is 0.730. The fraction of sp³-hybridized carbons (Fsp3) is 0.222. The number of pyridine rings is 1. The van der Waals surface area contributed by atoms with Crippen molar-refractivity contribution < 1.29 is 0 Å². The number of rotatable bonds is 3. The Balaban J connectivity index is 2.40. The summed E-state index contributed by atoms with van der Waals surface area (Å²) in [7, 11) is 1.80. The Hall–Kier alpha value is -0.730. The van der Waals surface area contributed by atoms with Gasteiger partial charge < -0.3 is 9.88 Å². The first kappa shape index (κ1) is 12.7. The summed E-state index contributed by atoms with van der Waals surface area (Å²) in [5, 5.41) is 7.87. The van der Waals surface area contributed by atoms with Crippen LogP contribution in [-0.2, 0) is 6.54 Å². The van der Waals surface area contributed by atoms with E-state index in [4.69, 9.17) is 0 Å². The fourth-order valence-corrected chi connectivity index (χ4v) is 3.13. The van der Waals surface area contributed by atoms with Crippen molar-refractivity contribution in [1.82, 2.24) is 14.2 Å². The predicted octanol–water partition coefficient (Wildman–Crippen LogP) is 2.31. The van der Waals surface area contributed by atoms with Crippen molar-refractivity contribution in [3.8, 4) is 0 Å². The summed E-state index contributed by atoms with van der Waals surface area (Å²) >= 11 is 7.84. The molecule has 0 atom stereocenters. The molecule has 0 aliphatic carbocycles. The number of hydrogen-bond acceptors (Lipinski definition) is 5. The highest BCUT2D eigenvalue weighted by Gasteiger charge is 2.09. The zero-order valence-corrected chi connectivity index (χ0v) is 12.8. The van der Waals surface area contributed by atoms with Crippen LogP contribution in [-0.4, -0.2) is 21.2 Å². The quantitative estimate of drug-likeness (QED) is 0.888. The molecular formula is C9H8Br2N4OS. The third-order valence-corrected chi connectivity index (χ3v) is 3.90. The Morgan fingerprint density at radius 2 is 2.29 bits per heavy atom. The maximum absolute atomic E-state index is 11.9. The number of nitrogens with zero attached hydrogens (tertiary/aromatic N) is 3. The van der Waals surface area contributed by atoms with Crippen LogP contribution in [0.2, 0.25) is 0 Å². The van der Waals surface area contributed by atoms with Crippen LogP contribution in [0.15, 0.2) is 26.0 Å². The standard InChI is InChI=1S/C9H8Br2N4OS/c1-12-8-7(13-14-17-8)4-15-3-5(10)2-6(11)9(15)16/h2-3,12H,4H2,1H3. The van der Waals surface area contributed by atoms with Crippen LogP contribution in [0.4, 0.5) is 5.00 Å². The monoisotopic (exact) mass is 378 g/mol. The summed E-state index contributed by atoms with van der Waals surface area (Å²) in [4.78, 5) is 11.9. The summed E-state index contributed by atoms with van der Waals surface area (Å²) in [6.45, 7) is 0.392. The molecule has 90 valence electrons. The van der Waals surface area contributed by atoms with Crippen molar-refractivity contribution in [3.05, 3.63) is 37.3 Å². The second-order valence-corrected chi connectivity index (χ2v) is 5.76. The van der Waals surface area contributed by atoms with Crippen molar-refractivity contribution >= 4 is 48.4 Å². The van der Waals surface area contributed by atoms with E-state index in [-0.39, 0.29) is 5.56 Å². The Kier molecular flexibility index (Phi) is 3.95. The lowest BCUT2D eigenvalue weighted by Gasteiger charge is -2.06. The van der Waals surface area contributed by atoms with Crippen LogP contribution in [0.5, 0.6) is 0 Å². The molecule has 0 saturated carbocycles. The van der Waals surface area contributed by atoms with Gasteiger partial charge in [0.05, 0.1) is 11.0 Å². The molecule has 2 aromatic heterocycles. The molecule has 0 spiro atoms. The zero-order valence-electron chi connectivity index (χ0n) is 8.78. The van der Waals surface area contributed by atoms with Gasteiger partial charge >= 0.3 is 0 Å². The highest BCUT2D eigenvalue weighted by Crippen LogP contribution is 2.18. The second kappa shape index (κ2) is 5.28. The molecule has 0 aromatic carbocycles. The van der Waals surface area contributed by atoms with E-state index in [1.807, 2.05) is 0 Å². The van der Waals surface area contributed by atoms with Crippen LogP contribution in [0, 0.1) is 0 Å². The Morgan fingerprint density at radius 3 is 3.00 bits per heavy atom. The smallest absolute Gasteiger partial charge is 0.265 e. The van der Waals surface area contributed by atoms with E-state index in [0.717, 1.165) is 15.2 Å². The van der Waals surface area contributed by atoms with E-state index >= 15 is 0 Å². The summed E-state index contributed by atoms with van der Waals surface area (Å²) in [6, 6.07) is 1.72. The fourth-order valence-electron chi connectivity index (χ4n) is 1.35. The lowest BCUT2D eigenvalue weighted by atomic mass is 10.4. The highest BCUT2D eigenvalue weighted by molar-refractivity contribution is 9.11. The molecule has 2 aromatic rings. The molecule has 1 N–H and O–H groups in total. The molecule has 0 aliphatic rings. The van der Waals surface area contributed by atoms with E-state index in [1.165, 1.54) is 11.5 Å². The van der Waals surface area contributed by atoms with Crippen molar-refractivity contribution in [1.29, 1.82) is 0 Å². The SMILES string of the molecule is CNc1snnc1Cn1cc(Br)cc(Br)c1=O. The van der Waals surface area contributed by atoms with Gasteiger partial charge in [-0.05, 0) is 37.9 Å². The Bertz CT molecular complexity index is 595. The van der Waals surface area contributed by atoms with Crippen molar-refractivity contribution in [2.45, 2.75) is 6.54 Å². The maximum atomic E-state index is 11.9. The van der Waals surface area contributed by atoms with Gasteiger partial charge in [-0.3, -0.25) is 4.79 Å². The molecule has 0 amide bonds. The first-order chi connectivity index (χ1) is 8.11. The minimum atomic E-state index is -0.0942. The Morgan fingerprint density at radius 1 is 1.53 bits per heavy atom. The Labute approximate surface area is 118 Å². The summed E-state index contributed by atoms with van der Waals surface area (Å²) in [5.41, 5.74) is 0.660. The van der Waals surface area contributed by atoms with Crippen LogP contribution >= 0.6 is 43.4 Å². The lowest BCUT2D eigenvalue weighted by Crippen LogP contribution is -2.21. The first-order valence-corrected chi connectivity index (χ1v) is 7.02. The van der Waals surface area contributed by atoms with E-state index in [0.29, 0.717) is 11.0 Å². The molecule has 8 heteroatoms. The van der Waals surface area contributed by atoms with Crippen LogP contribution < -0.4 is 10.9 Å². The summed E-state index contributed by atoms with van der Waals surface area (Å²) in [6.07, 6.45) is 1.73. The molecule has 2 heterocycles. The normalized spacial score (nSPS) is 10.5. The average molecular weight is 380 g/mol. The van der Waals surface area contributed by atoms with E-state index in [2.05, 4.69) is 46.8 Å². The summed E-state index contributed by atoms with van der Waals surface area (Å²) < 4.78 is 6.78. The highest BCUT2D eigenvalue weighted by atomic mass is 79.9. The molecule has 0 bridgehead atoms. The van der Waals surface area contributed by atoms with Gasteiger partial charge in [0, 0.05) is 29.2 Å². The molecule has 0 saturated heterocycles. The molecule has 17 heavy (non-hydrogen) atoms. The second-order valence-electron chi connectivity index (χ2n) is 3.24. The van der Waals surface area contributed by atoms with Gasteiger partial charge in [-0.1, -0.05) is 4.49 Å². The zero-order chi connectivity index (χ0) is 12.4. The number of hydrogen-bond donors (Lipinski definition) is 1. The van der Waals surface area contributed by atoms with E-state index in [9.17, 15) is 4.79 Å². The van der Waals surface area contributed by atoms with Gasteiger partial charge in [-0.15, -0.1) is 5.10 Å². The third kappa shape index (κ3) is 2.75. The van der Waals surface area contributed by atoms with Crippen molar-refractivity contribution in [3.63, 3.8) is 0 Å². The topological polar surface area (TPSA) is 59.8 Å². The molecule has 0 fully saturated rings. The van der Waals surface area contributed by atoms with E-state index in [1.54, 1.807) is 23.9 Å². The van der Waals surface area contributed by atoms with Crippen LogP contribution in [0.1, 0.15) is 5.69 Å². The number of halogens is 2. The number of aromatic nitrogens is 3. The molecule has 2 rings (SSSR count). The average Bonchev–Trinajstić information content (AvgIpc) is 2.72. The van der Waals surface area contributed by atoms with Gasteiger partial charge in [0.2, 0.25) is 0 Å². The van der Waals surface area contributed by atoms with Gasteiger partial charge in [0.15, 0.2) is 0 Å². The van der Waals surface area contributed by atoms with Gasteiger partial charge in [-0.25, -0.2) is 0 Å². The van der Waals surface area contributed by atoms with E-state index < -0.39 is 0 Å².